The predicted molar refractivity (Wildman–Crippen MR) is 291 cm³/mol. The van der Waals surface area contributed by atoms with Gasteiger partial charge in [-0.2, -0.15) is 0 Å². The Morgan fingerprint density at radius 3 is 1.51 bits per heavy atom. The fourth-order valence-electron chi connectivity index (χ4n) is 12.0. The normalized spacial score (nSPS) is 21.8. The highest BCUT2D eigenvalue weighted by molar-refractivity contribution is 5.85. The number of benzene rings is 8. The minimum atomic E-state index is -0.248. The smallest absolute Gasteiger partial charge is 0.0656 e. The average molecular weight is 895 g/mol. The van der Waals surface area contributed by atoms with Crippen molar-refractivity contribution < 1.29 is 0 Å². The minimum absolute atomic E-state index is 0.0327. The van der Waals surface area contributed by atoms with E-state index in [0.29, 0.717) is 5.92 Å². The number of hydrogen-bond donors (Lipinski definition) is 0. The van der Waals surface area contributed by atoms with Gasteiger partial charge in [-0.25, -0.2) is 0 Å². The average Bonchev–Trinajstić information content (AvgIpc) is 3.80. The Morgan fingerprint density at radius 1 is 0.449 bits per heavy atom. The maximum atomic E-state index is 2.56. The second kappa shape index (κ2) is 16.7. The summed E-state index contributed by atoms with van der Waals surface area (Å²) in [6, 6.07) is 74.3. The van der Waals surface area contributed by atoms with Crippen molar-refractivity contribution in [3.8, 4) is 11.1 Å². The summed E-state index contributed by atoms with van der Waals surface area (Å²) in [6.45, 7) is 11.5. The quantitative estimate of drug-likeness (QED) is 0.134. The maximum Gasteiger partial charge on any atom is 0.0656 e. The summed E-state index contributed by atoms with van der Waals surface area (Å²) in [4.78, 5) is 9.91. The van der Waals surface area contributed by atoms with Crippen LogP contribution in [0.25, 0.3) is 11.1 Å². The van der Waals surface area contributed by atoms with Gasteiger partial charge in [0, 0.05) is 67.7 Å². The van der Waals surface area contributed by atoms with E-state index >= 15 is 0 Å². The Labute approximate surface area is 408 Å². The van der Waals surface area contributed by atoms with Crippen LogP contribution in [0.15, 0.2) is 236 Å². The lowest BCUT2D eigenvalue weighted by Crippen LogP contribution is -2.42. The second-order valence-electron chi connectivity index (χ2n) is 20.1. The van der Waals surface area contributed by atoms with E-state index in [0.717, 1.165) is 34.9 Å². The third-order valence-corrected chi connectivity index (χ3v) is 15.4. The molecule has 4 aliphatic rings. The summed E-state index contributed by atoms with van der Waals surface area (Å²) in [5.41, 5.74) is 19.2. The van der Waals surface area contributed by atoms with Crippen LogP contribution < -0.4 is 19.6 Å². The van der Waals surface area contributed by atoms with E-state index in [2.05, 4.69) is 285 Å². The van der Waals surface area contributed by atoms with Crippen LogP contribution in [-0.4, -0.2) is 12.1 Å². The molecule has 0 N–H and O–H groups in total. The van der Waals surface area contributed by atoms with Crippen LogP contribution in [0, 0.1) is 19.8 Å². The van der Waals surface area contributed by atoms with Gasteiger partial charge >= 0.3 is 0 Å². The van der Waals surface area contributed by atoms with Gasteiger partial charge in [-0.05, 0) is 165 Å². The molecule has 0 saturated carbocycles. The molecule has 4 heteroatoms. The largest absolute Gasteiger partial charge is 0.333 e. The van der Waals surface area contributed by atoms with Crippen molar-refractivity contribution >= 4 is 51.2 Å². The molecule has 0 radical (unpaired) electrons. The van der Waals surface area contributed by atoms with Crippen molar-refractivity contribution in [1.82, 2.24) is 0 Å². The lowest BCUT2D eigenvalue weighted by Gasteiger charge is -2.39. The fourth-order valence-corrected chi connectivity index (χ4v) is 12.0. The molecule has 0 saturated heterocycles. The molecular formula is C65H58N4. The second-order valence-corrected chi connectivity index (χ2v) is 20.1. The van der Waals surface area contributed by atoms with E-state index in [1.165, 1.54) is 61.8 Å². The van der Waals surface area contributed by atoms with Crippen LogP contribution in [0.4, 0.5) is 51.2 Å². The first-order valence-corrected chi connectivity index (χ1v) is 24.6. The first kappa shape index (κ1) is 42.5. The molecule has 2 heterocycles. The van der Waals surface area contributed by atoms with Crippen LogP contribution in [-0.2, 0) is 10.8 Å². The Morgan fingerprint density at radius 2 is 0.928 bits per heavy atom. The van der Waals surface area contributed by atoms with E-state index in [4.69, 9.17) is 0 Å². The van der Waals surface area contributed by atoms with Gasteiger partial charge < -0.3 is 19.6 Å². The molecule has 5 atom stereocenters. The fraction of sp³-hybridized carbons (Fsp3) is 0.169. The highest BCUT2D eigenvalue weighted by Crippen LogP contribution is 2.56. The summed E-state index contributed by atoms with van der Waals surface area (Å²) in [5, 5.41) is 0. The summed E-state index contributed by atoms with van der Waals surface area (Å²) < 4.78 is 0. The SMILES string of the molecule is Cc1ccc(N(C2=CC3(C)c4ccccc4N(c4ccccc4)C3C=C2)c2ccc(-c3ccc(N(c4ccc(C)cc4)c4ccc5c(c4)C4(C)C[C@@H](C)C=CC4N5c4ccccc4)cc3)cc2)cc1. The van der Waals surface area contributed by atoms with E-state index in [9.17, 15) is 0 Å². The number of rotatable bonds is 9. The van der Waals surface area contributed by atoms with Gasteiger partial charge in [0.2, 0.25) is 0 Å². The molecule has 0 bridgehead atoms. The number of para-hydroxylation sites is 3. The molecule has 4 nitrogen and oxygen atoms in total. The predicted octanol–water partition coefficient (Wildman–Crippen LogP) is 16.9. The van der Waals surface area contributed by atoms with Crippen molar-refractivity contribution in [1.29, 1.82) is 0 Å². The molecule has 2 aliphatic carbocycles. The van der Waals surface area contributed by atoms with Crippen molar-refractivity contribution in [2.24, 2.45) is 5.92 Å². The summed E-state index contributed by atoms with van der Waals surface area (Å²) in [7, 11) is 0. The van der Waals surface area contributed by atoms with E-state index in [1.807, 2.05) is 0 Å². The first-order valence-electron chi connectivity index (χ1n) is 24.6. The highest BCUT2D eigenvalue weighted by atomic mass is 15.2. The summed E-state index contributed by atoms with van der Waals surface area (Å²) >= 11 is 0. The monoisotopic (exact) mass is 894 g/mol. The standard InChI is InChI=1S/C65H58N4/c1-45-20-29-52(30-21-45)66(56-37-39-61-59(42-56)64(4)43-47(3)24-40-62(64)69(61)51-16-10-7-11-17-51)54-33-25-48(26-34-54)49-27-35-55(36-28-49)67(53-31-22-46(2)23-32-53)57-38-41-63-65(5,44-57)58-18-12-13-19-60(58)68(63)50-14-8-6-9-15-50/h6-42,44,47,62-63H,43H2,1-5H3/t47-,62?,63?,64?,65?/m0/s1. The molecular weight excluding hydrogens is 837 g/mol. The van der Waals surface area contributed by atoms with Crippen LogP contribution in [0.1, 0.15) is 49.4 Å². The van der Waals surface area contributed by atoms with Gasteiger partial charge in [-0.3, -0.25) is 0 Å². The molecule has 0 fully saturated rings. The Hall–Kier alpha value is -7.82. The van der Waals surface area contributed by atoms with Crippen LogP contribution in [0.2, 0.25) is 0 Å². The summed E-state index contributed by atoms with van der Waals surface area (Å²) in [5.74, 6) is 0.508. The lowest BCUT2D eigenvalue weighted by molar-refractivity contribution is 0.353. The zero-order chi connectivity index (χ0) is 46.9. The van der Waals surface area contributed by atoms with Gasteiger partial charge in [-0.1, -0.05) is 146 Å². The number of aryl methyl sites for hydroxylation is 2. The molecule has 4 unspecified atom stereocenters. The van der Waals surface area contributed by atoms with Gasteiger partial charge in [0.25, 0.3) is 0 Å². The number of fused-ring (bicyclic) bond motifs is 6. The molecule has 8 aromatic rings. The third-order valence-electron chi connectivity index (χ3n) is 15.4. The topological polar surface area (TPSA) is 13.0 Å². The highest BCUT2D eigenvalue weighted by Gasteiger charge is 2.50. The molecule has 8 aromatic carbocycles. The first-order chi connectivity index (χ1) is 33.7. The Kier molecular flexibility index (Phi) is 10.3. The van der Waals surface area contributed by atoms with E-state index in [-0.39, 0.29) is 22.9 Å². The van der Waals surface area contributed by atoms with Gasteiger partial charge in [0.05, 0.1) is 12.1 Å². The number of nitrogens with zero attached hydrogens (tertiary/aromatic N) is 4. The van der Waals surface area contributed by atoms with Gasteiger partial charge in [0.1, 0.15) is 0 Å². The Bertz CT molecular complexity index is 3260. The van der Waals surface area contributed by atoms with E-state index < -0.39 is 0 Å². The van der Waals surface area contributed by atoms with Crippen molar-refractivity contribution in [2.75, 3.05) is 19.6 Å². The molecule has 0 amide bonds. The van der Waals surface area contributed by atoms with Gasteiger partial charge in [0.15, 0.2) is 0 Å². The summed E-state index contributed by atoms with van der Waals surface area (Å²) in [6.07, 6.45) is 13.2. The molecule has 338 valence electrons. The van der Waals surface area contributed by atoms with Crippen LogP contribution in [0.3, 0.4) is 0 Å². The zero-order valence-electron chi connectivity index (χ0n) is 40.2. The number of hydrogen-bond acceptors (Lipinski definition) is 4. The molecule has 69 heavy (non-hydrogen) atoms. The van der Waals surface area contributed by atoms with Crippen LogP contribution >= 0.6 is 0 Å². The molecule has 12 rings (SSSR count). The van der Waals surface area contributed by atoms with Gasteiger partial charge in [-0.15, -0.1) is 0 Å². The maximum absolute atomic E-state index is 2.56. The zero-order valence-corrected chi connectivity index (χ0v) is 40.2. The molecule has 0 spiro atoms. The third kappa shape index (κ3) is 7.20. The number of anilines is 9. The lowest BCUT2D eigenvalue weighted by atomic mass is 9.69. The van der Waals surface area contributed by atoms with Crippen molar-refractivity contribution in [3.63, 3.8) is 0 Å². The number of allylic oxidation sites excluding steroid dienone is 2. The molecule has 0 aromatic heterocycles. The van der Waals surface area contributed by atoms with Crippen LogP contribution in [0.5, 0.6) is 0 Å². The molecule has 2 aliphatic heterocycles. The van der Waals surface area contributed by atoms with Crippen molar-refractivity contribution in [2.45, 2.75) is 64.0 Å². The van der Waals surface area contributed by atoms with E-state index in [1.54, 1.807) is 0 Å². The Balaban J connectivity index is 0.884. The minimum Gasteiger partial charge on any atom is -0.333 e. The van der Waals surface area contributed by atoms with Crippen molar-refractivity contribution in [3.05, 3.63) is 259 Å².